The lowest BCUT2D eigenvalue weighted by molar-refractivity contribution is -0.384. The van der Waals surface area contributed by atoms with E-state index in [0.717, 1.165) is 0 Å². The molecule has 0 saturated heterocycles. The molecule has 1 aliphatic heterocycles. The quantitative estimate of drug-likeness (QED) is 0.155. The molecule has 194 valence electrons. The number of ether oxygens (including phenoxy) is 2. The summed E-state index contributed by atoms with van der Waals surface area (Å²) in [5.74, 6) is 0.00503. The van der Waals surface area contributed by atoms with E-state index in [0.29, 0.717) is 34.0 Å². The van der Waals surface area contributed by atoms with E-state index in [1.54, 1.807) is 83.6 Å². The number of nitrogens with zero attached hydrogens (tertiary/aromatic N) is 3. The Morgan fingerprint density at radius 2 is 1.72 bits per heavy atom. The van der Waals surface area contributed by atoms with Crippen molar-refractivity contribution >= 4 is 29.8 Å². The molecular weight excluding hydrogens is 502 g/mol. The summed E-state index contributed by atoms with van der Waals surface area (Å²) in [4.78, 5) is 36.4. The summed E-state index contributed by atoms with van der Waals surface area (Å²) in [5.41, 5.74) is 4.66. The third-order valence-electron chi connectivity index (χ3n) is 5.72. The maximum Gasteiger partial charge on any atom is 0.287 e. The first-order valence-corrected chi connectivity index (χ1v) is 11.7. The summed E-state index contributed by atoms with van der Waals surface area (Å²) < 4.78 is 12.5. The number of hydrogen-bond acceptors (Lipinski definition) is 7. The molecule has 3 aromatic carbocycles. The van der Waals surface area contributed by atoms with Crippen molar-refractivity contribution in [3.05, 3.63) is 124 Å². The predicted octanol–water partition coefficient (Wildman–Crippen LogP) is 4.04. The lowest BCUT2D eigenvalue weighted by atomic mass is 10.1. The summed E-state index contributed by atoms with van der Waals surface area (Å²) in [6.45, 7) is 0.108. The van der Waals surface area contributed by atoms with E-state index in [1.165, 1.54) is 24.4 Å². The number of aromatic nitrogens is 1. The van der Waals surface area contributed by atoms with E-state index in [-0.39, 0.29) is 18.2 Å². The van der Waals surface area contributed by atoms with Crippen LogP contribution in [0.25, 0.3) is 11.8 Å². The Hall–Kier alpha value is -5.71. The Morgan fingerprint density at radius 3 is 2.49 bits per heavy atom. The van der Waals surface area contributed by atoms with Gasteiger partial charge in [-0.15, -0.1) is 0 Å². The molecule has 0 saturated carbocycles. The van der Waals surface area contributed by atoms with Crippen molar-refractivity contribution < 1.29 is 24.0 Å². The first-order valence-electron chi connectivity index (χ1n) is 11.7. The number of rotatable bonds is 8. The molecule has 11 heteroatoms. The van der Waals surface area contributed by atoms with E-state index < -0.39 is 16.7 Å². The summed E-state index contributed by atoms with van der Waals surface area (Å²) in [7, 11) is 0. The fourth-order valence-electron chi connectivity index (χ4n) is 3.80. The molecule has 0 aliphatic carbocycles. The Labute approximate surface area is 222 Å². The minimum atomic E-state index is -0.651. The molecule has 4 aromatic rings. The first kappa shape index (κ1) is 25.0. The van der Waals surface area contributed by atoms with E-state index in [9.17, 15) is 19.7 Å². The Morgan fingerprint density at radius 1 is 0.949 bits per heavy atom. The molecule has 2 amide bonds. The van der Waals surface area contributed by atoms with Crippen LogP contribution in [0.1, 0.15) is 21.6 Å². The molecule has 0 bridgehead atoms. The maximum absolute atomic E-state index is 13.1. The zero-order valence-corrected chi connectivity index (χ0v) is 20.3. The van der Waals surface area contributed by atoms with E-state index in [1.807, 2.05) is 0 Å². The summed E-state index contributed by atoms with van der Waals surface area (Å²) in [5, 5.41) is 17.6. The highest BCUT2D eigenvalue weighted by Gasteiger charge is 2.17. The average Bonchev–Trinajstić information content (AvgIpc) is 3.62. The fourth-order valence-corrected chi connectivity index (χ4v) is 3.80. The van der Waals surface area contributed by atoms with Crippen LogP contribution in [-0.4, -0.2) is 34.3 Å². The smallest absolute Gasteiger partial charge is 0.287 e. The minimum Gasteiger partial charge on any atom is -0.454 e. The number of benzene rings is 3. The molecule has 2 heterocycles. The zero-order chi connectivity index (χ0) is 27.2. The molecular formula is C28H21N5O6. The van der Waals surface area contributed by atoms with Gasteiger partial charge in [0.05, 0.1) is 16.8 Å². The van der Waals surface area contributed by atoms with Crippen molar-refractivity contribution in [1.82, 2.24) is 15.3 Å². The number of hydrazone groups is 1. The highest BCUT2D eigenvalue weighted by atomic mass is 16.7. The number of amides is 2. The van der Waals surface area contributed by atoms with E-state index in [4.69, 9.17) is 9.47 Å². The number of fused-ring (bicyclic) bond motifs is 1. The standard InChI is InChI=1S/C28H21N5O6/c34-27(20-5-2-1-3-6-20)30-24(15-19-8-13-25-26(16-19)39-18-38-25)28(35)31-29-17-23-7-4-14-32(23)21-9-11-22(12-10-21)33(36)37/h1-17H,18H2,(H,30,34)(H,31,35)/b24-15+,29-17+. The van der Waals surface area contributed by atoms with Crippen LogP contribution in [0.2, 0.25) is 0 Å². The van der Waals surface area contributed by atoms with Crippen LogP contribution >= 0.6 is 0 Å². The van der Waals surface area contributed by atoms with Gasteiger partial charge in [0, 0.05) is 29.6 Å². The van der Waals surface area contributed by atoms with Crippen LogP contribution in [0, 0.1) is 10.1 Å². The van der Waals surface area contributed by atoms with Crippen molar-refractivity contribution in [1.29, 1.82) is 0 Å². The molecule has 1 aliphatic rings. The van der Waals surface area contributed by atoms with Gasteiger partial charge in [0.2, 0.25) is 6.79 Å². The van der Waals surface area contributed by atoms with Crippen molar-refractivity contribution in [2.24, 2.45) is 5.10 Å². The largest absolute Gasteiger partial charge is 0.454 e. The monoisotopic (exact) mass is 523 g/mol. The number of nitro benzene ring substituents is 1. The maximum atomic E-state index is 13.1. The second-order valence-electron chi connectivity index (χ2n) is 8.27. The van der Waals surface area contributed by atoms with Crippen molar-refractivity contribution in [2.75, 3.05) is 6.79 Å². The van der Waals surface area contributed by atoms with Crippen LogP contribution in [0.15, 0.2) is 102 Å². The summed E-state index contributed by atoms with van der Waals surface area (Å²) in [6.07, 6.45) is 4.69. The third-order valence-corrected chi connectivity index (χ3v) is 5.72. The zero-order valence-electron chi connectivity index (χ0n) is 20.3. The average molecular weight is 524 g/mol. The molecule has 0 spiro atoms. The van der Waals surface area contributed by atoms with Gasteiger partial charge >= 0.3 is 0 Å². The second-order valence-corrected chi connectivity index (χ2v) is 8.27. The van der Waals surface area contributed by atoms with E-state index in [2.05, 4.69) is 15.8 Å². The lowest BCUT2D eigenvalue weighted by Crippen LogP contribution is -2.32. The number of nitro groups is 1. The Bertz CT molecular complexity index is 1590. The van der Waals surface area contributed by atoms with E-state index >= 15 is 0 Å². The molecule has 0 unspecified atom stereocenters. The topological polar surface area (TPSA) is 137 Å². The third kappa shape index (κ3) is 5.83. The van der Waals surface area contributed by atoms with Gasteiger partial charge < -0.3 is 19.4 Å². The van der Waals surface area contributed by atoms with Gasteiger partial charge in [-0.2, -0.15) is 5.10 Å². The van der Waals surface area contributed by atoms with Gasteiger partial charge in [-0.25, -0.2) is 5.43 Å². The van der Waals surface area contributed by atoms with Gasteiger partial charge in [0.1, 0.15) is 5.70 Å². The number of nitrogens with one attached hydrogen (secondary N) is 2. The highest BCUT2D eigenvalue weighted by molar-refractivity contribution is 6.05. The highest BCUT2D eigenvalue weighted by Crippen LogP contribution is 2.33. The van der Waals surface area contributed by atoms with Gasteiger partial charge in [-0.1, -0.05) is 24.3 Å². The molecule has 5 rings (SSSR count). The van der Waals surface area contributed by atoms with Crippen LogP contribution in [0.4, 0.5) is 5.69 Å². The molecule has 0 atom stereocenters. The predicted molar refractivity (Wildman–Crippen MR) is 143 cm³/mol. The van der Waals surface area contributed by atoms with Gasteiger partial charge in [-0.3, -0.25) is 19.7 Å². The lowest BCUT2D eigenvalue weighted by Gasteiger charge is -2.10. The van der Waals surface area contributed by atoms with Gasteiger partial charge in [0.25, 0.3) is 17.5 Å². The Balaban J connectivity index is 1.35. The van der Waals surface area contributed by atoms with Crippen molar-refractivity contribution in [3.63, 3.8) is 0 Å². The minimum absolute atomic E-state index is 0.0206. The number of non-ortho nitro benzene ring substituents is 1. The molecule has 0 fully saturated rings. The molecule has 2 N–H and O–H groups in total. The summed E-state index contributed by atoms with van der Waals surface area (Å²) >= 11 is 0. The normalized spacial score (nSPS) is 12.4. The molecule has 1 aromatic heterocycles. The van der Waals surface area contributed by atoms with Crippen LogP contribution in [0.3, 0.4) is 0 Å². The number of carbonyl (C=O) groups is 2. The van der Waals surface area contributed by atoms with Crippen LogP contribution < -0.4 is 20.2 Å². The van der Waals surface area contributed by atoms with Gasteiger partial charge in [-0.05, 0) is 60.2 Å². The van der Waals surface area contributed by atoms with Gasteiger partial charge in [0.15, 0.2) is 11.5 Å². The molecule has 0 radical (unpaired) electrons. The number of carbonyl (C=O) groups excluding carboxylic acids is 2. The van der Waals surface area contributed by atoms with Crippen LogP contribution in [0.5, 0.6) is 11.5 Å². The fraction of sp³-hybridized carbons (Fsp3) is 0.0357. The summed E-state index contributed by atoms with van der Waals surface area (Å²) in [6, 6.07) is 23.2. The molecule has 11 nitrogen and oxygen atoms in total. The molecule has 39 heavy (non-hydrogen) atoms. The van der Waals surface area contributed by atoms with Crippen molar-refractivity contribution in [3.8, 4) is 17.2 Å². The van der Waals surface area contributed by atoms with Crippen molar-refractivity contribution in [2.45, 2.75) is 0 Å². The number of hydrogen-bond donors (Lipinski definition) is 2. The Kier molecular flexibility index (Phi) is 7.13. The first-order chi connectivity index (χ1) is 19.0. The second kappa shape index (κ2) is 11.1. The van der Waals surface area contributed by atoms with Crippen LogP contribution in [-0.2, 0) is 4.79 Å². The SMILES string of the molecule is O=C(N/N=C/c1cccn1-c1ccc([N+](=O)[O-])cc1)/C(=C\c1ccc2c(c1)OCO2)NC(=O)c1ccccc1.